The van der Waals surface area contributed by atoms with Crippen molar-refractivity contribution in [2.75, 3.05) is 32.8 Å². The lowest BCUT2D eigenvalue weighted by atomic mass is 9.98. The average Bonchev–Trinajstić information content (AvgIpc) is 3.38. The van der Waals surface area contributed by atoms with Gasteiger partial charge in [-0.15, -0.1) is 0 Å². The molecule has 6 nitrogen and oxygen atoms in total. The molecule has 0 bridgehead atoms. The van der Waals surface area contributed by atoms with Gasteiger partial charge in [0.2, 0.25) is 0 Å². The second kappa shape index (κ2) is 10.7. The monoisotopic (exact) mass is 450 g/mol. The number of piperidine rings is 1. The topological polar surface area (TPSA) is 59.1 Å². The summed E-state index contributed by atoms with van der Waals surface area (Å²) in [4.78, 5) is 28.2. The largest absolute Gasteiger partial charge is 0.493 e. The number of nitrogens with zero attached hydrogens (tertiary/aromatic N) is 2. The third-order valence-electron chi connectivity index (χ3n) is 6.41. The molecular weight excluding hydrogens is 416 g/mol. The maximum absolute atomic E-state index is 12.5. The van der Waals surface area contributed by atoms with Gasteiger partial charge in [-0.25, -0.2) is 4.79 Å². The highest BCUT2D eigenvalue weighted by Gasteiger charge is 2.24. The summed E-state index contributed by atoms with van der Waals surface area (Å²) in [5.74, 6) is 1.42. The van der Waals surface area contributed by atoms with Gasteiger partial charge in [-0.3, -0.25) is 4.79 Å². The number of hydrogen-bond acceptors (Lipinski definition) is 4. The molecule has 2 aliphatic heterocycles. The molecule has 0 radical (unpaired) electrons. The summed E-state index contributed by atoms with van der Waals surface area (Å²) in [7, 11) is 0. The van der Waals surface area contributed by atoms with Crippen LogP contribution in [0.5, 0.6) is 5.75 Å². The number of likely N-dealkylation sites (tertiary alicyclic amines) is 2. The smallest absolute Gasteiger partial charge is 0.410 e. The molecule has 0 atom stereocenters. The van der Waals surface area contributed by atoms with Gasteiger partial charge in [0, 0.05) is 31.7 Å². The van der Waals surface area contributed by atoms with Gasteiger partial charge in [-0.05, 0) is 80.8 Å². The molecule has 4 rings (SSSR count). The zero-order chi connectivity index (χ0) is 23.2. The highest BCUT2D eigenvalue weighted by Crippen LogP contribution is 2.25. The third-order valence-corrected chi connectivity index (χ3v) is 6.41. The van der Waals surface area contributed by atoms with Gasteiger partial charge >= 0.3 is 6.09 Å². The van der Waals surface area contributed by atoms with E-state index < -0.39 is 0 Å². The lowest BCUT2D eigenvalue weighted by Crippen LogP contribution is -2.40. The maximum atomic E-state index is 12.5. The molecule has 2 amide bonds. The van der Waals surface area contributed by atoms with Crippen molar-refractivity contribution >= 4 is 12.0 Å². The molecule has 0 aliphatic carbocycles. The van der Waals surface area contributed by atoms with Crippen LogP contribution in [-0.4, -0.2) is 60.7 Å². The van der Waals surface area contributed by atoms with Gasteiger partial charge in [0.15, 0.2) is 0 Å². The first-order valence-corrected chi connectivity index (χ1v) is 12.1. The van der Waals surface area contributed by atoms with E-state index >= 15 is 0 Å². The predicted molar refractivity (Wildman–Crippen MR) is 128 cm³/mol. The van der Waals surface area contributed by atoms with E-state index in [1.165, 1.54) is 0 Å². The maximum Gasteiger partial charge on any atom is 0.410 e. The molecule has 2 heterocycles. The summed E-state index contributed by atoms with van der Waals surface area (Å²) in [6.45, 7) is 7.56. The van der Waals surface area contributed by atoms with Crippen LogP contribution in [0.25, 0.3) is 11.1 Å². The SMILES string of the molecule is CC(C)OC(=O)N1CCC(COc2ccc(-c3ccc(C(=O)N4CCCC4)cc3)cc2)CC1. The molecule has 6 heteroatoms. The molecular formula is C27H34N2O4. The van der Waals surface area contributed by atoms with Crippen molar-refractivity contribution in [2.45, 2.75) is 45.6 Å². The van der Waals surface area contributed by atoms with E-state index in [0.29, 0.717) is 12.5 Å². The first kappa shape index (κ1) is 23.1. The molecule has 0 N–H and O–H groups in total. The number of ether oxygens (including phenoxy) is 2. The number of rotatable bonds is 6. The summed E-state index contributed by atoms with van der Waals surface area (Å²) >= 11 is 0. The second-order valence-corrected chi connectivity index (χ2v) is 9.27. The highest BCUT2D eigenvalue weighted by molar-refractivity contribution is 5.94. The van der Waals surface area contributed by atoms with Crippen molar-refractivity contribution in [3.63, 3.8) is 0 Å². The van der Waals surface area contributed by atoms with Crippen molar-refractivity contribution in [3.8, 4) is 16.9 Å². The Morgan fingerprint density at radius 2 is 1.42 bits per heavy atom. The summed E-state index contributed by atoms with van der Waals surface area (Å²) in [5.41, 5.74) is 2.93. The fourth-order valence-corrected chi connectivity index (χ4v) is 4.42. The van der Waals surface area contributed by atoms with Gasteiger partial charge in [-0.1, -0.05) is 24.3 Å². The quantitative estimate of drug-likeness (QED) is 0.605. The van der Waals surface area contributed by atoms with E-state index in [-0.39, 0.29) is 18.1 Å². The zero-order valence-corrected chi connectivity index (χ0v) is 19.7. The van der Waals surface area contributed by atoms with Crippen LogP contribution in [0.4, 0.5) is 4.79 Å². The van der Waals surface area contributed by atoms with Gasteiger partial charge in [0.25, 0.3) is 5.91 Å². The van der Waals surface area contributed by atoms with Crippen LogP contribution in [0.15, 0.2) is 48.5 Å². The first-order valence-electron chi connectivity index (χ1n) is 12.1. The Balaban J connectivity index is 1.25. The minimum absolute atomic E-state index is 0.0862. The minimum atomic E-state index is -0.214. The zero-order valence-electron chi connectivity index (χ0n) is 19.7. The molecule has 0 aromatic heterocycles. The first-order chi connectivity index (χ1) is 16.0. The molecule has 0 spiro atoms. The Morgan fingerprint density at radius 1 is 0.848 bits per heavy atom. The Bertz CT molecular complexity index is 926. The van der Waals surface area contributed by atoms with E-state index in [1.54, 1.807) is 4.90 Å². The standard InChI is InChI=1S/C27H34N2O4/c1-20(2)33-27(31)29-17-13-21(14-18-29)19-32-25-11-9-23(10-12-25)22-5-7-24(8-6-22)26(30)28-15-3-4-16-28/h5-12,20-21H,3-4,13-19H2,1-2H3. The summed E-state index contributed by atoms with van der Waals surface area (Å²) in [6.07, 6.45) is 3.75. The predicted octanol–water partition coefficient (Wildman–Crippen LogP) is 5.23. The minimum Gasteiger partial charge on any atom is -0.493 e. The van der Waals surface area contributed by atoms with Crippen LogP contribution in [0.3, 0.4) is 0 Å². The van der Waals surface area contributed by atoms with Crippen LogP contribution in [0.1, 0.15) is 49.9 Å². The molecule has 2 fully saturated rings. The summed E-state index contributed by atoms with van der Waals surface area (Å²) < 4.78 is 11.3. The van der Waals surface area contributed by atoms with Crippen molar-refractivity contribution in [1.29, 1.82) is 0 Å². The molecule has 2 saturated heterocycles. The van der Waals surface area contributed by atoms with Crippen LogP contribution < -0.4 is 4.74 Å². The van der Waals surface area contributed by atoms with Crippen LogP contribution >= 0.6 is 0 Å². The third kappa shape index (κ3) is 6.06. The van der Waals surface area contributed by atoms with Crippen LogP contribution in [0, 0.1) is 5.92 Å². The number of carbonyl (C=O) groups excluding carboxylic acids is 2. The van der Waals surface area contributed by atoms with E-state index in [9.17, 15) is 9.59 Å². The molecule has 33 heavy (non-hydrogen) atoms. The van der Waals surface area contributed by atoms with E-state index in [2.05, 4.69) is 12.1 Å². The summed E-state index contributed by atoms with van der Waals surface area (Å²) in [6, 6.07) is 16.0. The van der Waals surface area contributed by atoms with Crippen molar-refractivity contribution in [3.05, 3.63) is 54.1 Å². The molecule has 176 valence electrons. The van der Waals surface area contributed by atoms with E-state index in [4.69, 9.17) is 9.47 Å². The fourth-order valence-electron chi connectivity index (χ4n) is 4.42. The number of carbonyl (C=O) groups is 2. The van der Waals surface area contributed by atoms with Gasteiger partial charge in [0.05, 0.1) is 12.7 Å². The molecule has 0 unspecified atom stereocenters. The Kier molecular flexibility index (Phi) is 7.53. The Labute approximate surface area is 196 Å². The lowest BCUT2D eigenvalue weighted by Gasteiger charge is -2.31. The fraction of sp³-hybridized carbons (Fsp3) is 0.481. The van der Waals surface area contributed by atoms with E-state index in [1.807, 2.05) is 55.1 Å². The van der Waals surface area contributed by atoms with Crippen molar-refractivity contribution < 1.29 is 19.1 Å². The summed E-state index contributed by atoms with van der Waals surface area (Å²) in [5, 5.41) is 0. The normalized spacial score (nSPS) is 16.8. The second-order valence-electron chi connectivity index (χ2n) is 9.27. The number of hydrogen-bond donors (Lipinski definition) is 0. The van der Waals surface area contributed by atoms with E-state index in [0.717, 1.165) is 74.3 Å². The van der Waals surface area contributed by atoms with Crippen molar-refractivity contribution in [1.82, 2.24) is 9.80 Å². The van der Waals surface area contributed by atoms with Crippen molar-refractivity contribution in [2.24, 2.45) is 5.92 Å². The average molecular weight is 451 g/mol. The highest BCUT2D eigenvalue weighted by atomic mass is 16.6. The molecule has 2 aliphatic rings. The Morgan fingerprint density at radius 3 is 2.00 bits per heavy atom. The lowest BCUT2D eigenvalue weighted by molar-refractivity contribution is 0.0608. The Hall–Kier alpha value is -3.02. The van der Waals surface area contributed by atoms with Crippen LogP contribution in [0.2, 0.25) is 0 Å². The molecule has 2 aromatic carbocycles. The van der Waals surface area contributed by atoms with Gasteiger partial charge < -0.3 is 19.3 Å². The number of amides is 2. The van der Waals surface area contributed by atoms with Gasteiger partial charge in [0.1, 0.15) is 5.75 Å². The number of benzene rings is 2. The molecule has 2 aromatic rings. The molecule has 0 saturated carbocycles. The van der Waals surface area contributed by atoms with Crippen LogP contribution in [-0.2, 0) is 4.74 Å². The van der Waals surface area contributed by atoms with Gasteiger partial charge in [-0.2, -0.15) is 0 Å².